The zero-order chi connectivity index (χ0) is 17.7. The Labute approximate surface area is 142 Å². The van der Waals surface area contributed by atoms with E-state index < -0.39 is 16.8 Å². The van der Waals surface area contributed by atoms with Crippen molar-refractivity contribution in [2.45, 2.75) is 6.92 Å². The summed E-state index contributed by atoms with van der Waals surface area (Å²) in [6.45, 7) is 1.94. The minimum absolute atomic E-state index is 0.0387. The number of esters is 1. The summed E-state index contributed by atoms with van der Waals surface area (Å²) in [6.07, 6.45) is 0. The second-order valence-corrected chi connectivity index (χ2v) is 5.08. The number of nitrogens with zero attached hydrogens (tertiary/aromatic N) is 1. The average Bonchev–Trinajstić information content (AvgIpc) is 2.55. The van der Waals surface area contributed by atoms with Crippen molar-refractivity contribution < 1.29 is 19.2 Å². The number of nitrogens with one attached hydrogen (secondary N) is 1. The van der Waals surface area contributed by atoms with Crippen LogP contribution in [0.3, 0.4) is 0 Å². The maximum absolute atomic E-state index is 12.2. The van der Waals surface area contributed by atoms with Crippen LogP contribution in [0.25, 0.3) is 0 Å². The summed E-state index contributed by atoms with van der Waals surface area (Å²) in [5.41, 5.74) is 0.550. The monoisotopic (exact) mass is 348 g/mol. The fraction of sp³-hybridized carbons (Fsp3) is 0.125. The van der Waals surface area contributed by atoms with Gasteiger partial charge in [0.2, 0.25) is 0 Å². The van der Waals surface area contributed by atoms with Gasteiger partial charge in [0.25, 0.3) is 11.6 Å². The van der Waals surface area contributed by atoms with Crippen LogP contribution < -0.4 is 5.32 Å². The Kier molecular flexibility index (Phi) is 5.49. The van der Waals surface area contributed by atoms with Crippen molar-refractivity contribution in [2.24, 2.45) is 0 Å². The third-order valence-electron chi connectivity index (χ3n) is 3.04. The van der Waals surface area contributed by atoms with Crippen molar-refractivity contribution in [3.63, 3.8) is 0 Å². The van der Waals surface area contributed by atoms with E-state index in [0.717, 1.165) is 6.07 Å². The lowest BCUT2D eigenvalue weighted by Crippen LogP contribution is -2.13. The van der Waals surface area contributed by atoms with E-state index >= 15 is 0 Å². The molecule has 0 spiro atoms. The number of non-ortho nitro benzene ring substituents is 1. The molecule has 1 amide bonds. The molecule has 124 valence electrons. The van der Waals surface area contributed by atoms with Crippen LogP contribution in [0.5, 0.6) is 0 Å². The number of amides is 1. The van der Waals surface area contributed by atoms with Gasteiger partial charge in [-0.3, -0.25) is 14.9 Å². The van der Waals surface area contributed by atoms with E-state index in [1.807, 2.05) is 0 Å². The fourth-order valence-corrected chi connectivity index (χ4v) is 2.20. The molecule has 24 heavy (non-hydrogen) atoms. The molecule has 0 saturated heterocycles. The van der Waals surface area contributed by atoms with Crippen LogP contribution in [0.2, 0.25) is 5.02 Å². The number of carbonyl (C=O) groups is 2. The third-order valence-corrected chi connectivity index (χ3v) is 3.35. The van der Waals surface area contributed by atoms with E-state index in [0.29, 0.717) is 11.3 Å². The number of carbonyl (C=O) groups excluding carboxylic acids is 2. The van der Waals surface area contributed by atoms with Crippen LogP contribution in [-0.4, -0.2) is 23.4 Å². The number of halogens is 1. The van der Waals surface area contributed by atoms with Gasteiger partial charge in [-0.1, -0.05) is 17.7 Å². The predicted octanol–water partition coefficient (Wildman–Crippen LogP) is 3.68. The molecule has 0 aliphatic heterocycles. The summed E-state index contributed by atoms with van der Waals surface area (Å²) in [5, 5.41) is 13.2. The van der Waals surface area contributed by atoms with E-state index in [-0.39, 0.29) is 22.9 Å². The maximum atomic E-state index is 12.2. The molecule has 2 aromatic carbocycles. The molecule has 2 aromatic rings. The normalized spacial score (nSPS) is 10.1. The van der Waals surface area contributed by atoms with Gasteiger partial charge >= 0.3 is 5.97 Å². The molecule has 2 rings (SSSR count). The fourth-order valence-electron chi connectivity index (χ4n) is 1.94. The Bertz CT molecular complexity index is 807. The van der Waals surface area contributed by atoms with Gasteiger partial charge in [0.1, 0.15) is 0 Å². The molecule has 0 fully saturated rings. The van der Waals surface area contributed by atoms with Crippen LogP contribution in [0.4, 0.5) is 11.4 Å². The number of anilines is 1. The first kappa shape index (κ1) is 17.4. The number of nitro groups is 1. The van der Waals surface area contributed by atoms with E-state index in [1.165, 1.54) is 18.2 Å². The van der Waals surface area contributed by atoms with Crippen molar-refractivity contribution in [1.29, 1.82) is 0 Å². The van der Waals surface area contributed by atoms with Crippen LogP contribution in [0.1, 0.15) is 27.6 Å². The molecule has 0 aliphatic carbocycles. The summed E-state index contributed by atoms with van der Waals surface area (Å²) in [5.74, 6) is -1.04. The minimum atomic E-state index is -0.601. The maximum Gasteiger partial charge on any atom is 0.338 e. The third kappa shape index (κ3) is 4.08. The van der Waals surface area contributed by atoms with Gasteiger partial charge in [-0.15, -0.1) is 0 Å². The zero-order valence-corrected chi connectivity index (χ0v) is 13.4. The molecule has 0 aliphatic rings. The van der Waals surface area contributed by atoms with Crippen LogP contribution in [-0.2, 0) is 4.74 Å². The largest absolute Gasteiger partial charge is 0.462 e. The lowest BCUT2D eigenvalue weighted by Gasteiger charge is -2.08. The van der Waals surface area contributed by atoms with Crippen LogP contribution in [0, 0.1) is 10.1 Å². The molecule has 7 nitrogen and oxygen atoms in total. The molecule has 8 heteroatoms. The van der Waals surface area contributed by atoms with Gasteiger partial charge in [0, 0.05) is 17.8 Å². The second kappa shape index (κ2) is 7.56. The highest BCUT2D eigenvalue weighted by molar-refractivity contribution is 6.34. The number of nitro benzene ring substituents is 1. The molecule has 0 atom stereocenters. The molecule has 0 heterocycles. The van der Waals surface area contributed by atoms with Gasteiger partial charge in [-0.05, 0) is 31.2 Å². The van der Waals surface area contributed by atoms with Gasteiger partial charge in [0.05, 0.1) is 27.7 Å². The average molecular weight is 349 g/mol. The van der Waals surface area contributed by atoms with E-state index in [9.17, 15) is 19.7 Å². The summed E-state index contributed by atoms with van der Waals surface area (Å²) in [6, 6.07) is 9.78. The molecule has 0 radical (unpaired) electrons. The van der Waals surface area contributed by atoms with E-state index in [1.54, 1.807) is 25.1 Å². The highest BCUT2D eigenvalue weighted by Crippen LogP contribution is 2.23. The van der Waals surface area contributed by atoms with Crippen molar-refractivity contribution in [3.8, 4) is 0 Å². The number of ether oxygens (including phenoxy) is 1. The lowest BCUT2D eigenvalue weighted by atomic mass is 10.1. The van der Waals surface area contributed by atoms with Crippen molar-refractivity contribution in [2.75, 3.05) is 11.9 Å². The smallest absolute Gasteiger partial charge is 0.338 e. The van der Waals surface area contributed by atoms with Crippen molar-refractivity contribution >= 4 is 34.9 Å². The molecular formula is C16H13ClN2O5. The predicted molar refractivity (Wildman–Crippen MR) is 88.5 cm³/mol. The summed E-state index contributed by atoms with van der Waals surface area (Å²) in [7, 11) is 0. The Hall–Kier alpha value is -2.93. The van der Waals surface area contributed by atoms with Gasteiger partial charge < -0.3 is 10.1 Å². The highest BCUT2D eigenvalue weighted by Gasteiger charge is 2.15. The van der Waals surface area contributed by atoms with Crippen molar-refractivity contribution in [1.82, 2.24) is 0 Å². The first-order valence-electron chi connectivity index (χ1n) is 6.95. The summed E-state index contributed by atoms with van der Waals surface area (Å²) in [4.78, 5) is 34.0. The minimum Gasteiger partial charge on any atom is -0.462 e. The zero-order valence-electron chi connectivity index (χ0n) is 12.6. The van der Waals surface area contributed by atoms with Crippen molar-refractivity contribution in [3.05, 3.63) is 68.7 Å². The molecule has 0 bridgehead atoms. The molecule has 1 N–H and O–H groups in total. The Morgan fingerprint density at radius 1 is 1.25 bits per heavy atom. The second-order valence-electron chi connectivity index (χ2n) is 4.68. The number of hydrogen-bond donors (Lipinski definition) is 1. The topological polar surface area (TPSA) is 98.5 Å². The highest BCUT2D eigenvalue weighted by atomic mass is 35.5. The molecular weight excluding hydrogens is 336 g/mol. The number of benzene rings is 2. The van der Waals surface area contributed by atoms with Gasteiger partial charge in [-0.2, -0.15) is 0 Å². The van der Waals surface area contributed by atoms with E-state index in [2.05, 4.69) is 5.32 Å². The van der Waals surface area contributed by atoms with Gasteiger partial charge in [-0.25, -0.2) is 4.79 Å². The first-order chi connectivity index (χ1) is 11.4. The molecule has 0 saturated carbocycles. The number of hydrogen-bond acceptors (Lipinski definition) is 5. The molecule has 0 aromatic heterocycles. The standard InChI is InChI=1S/C16H13ClN2O5/c1-2-24-16(21)10-4-3-5-11(8-10)18-15(20)13-7-6-12(19(22)23)9-14(13)17/h3-9H,2H2,1H3,(H,18,20). The Morgan fingerprint density at radius 2 is 2.00 bits per heavy atom. The quantitative estimate of drug-likeness (QED) is 0.505. The summed E-state index contributed by atoms with van der Waals surface area (Å²) >= 11 is 5.92. The van der Waals surface area contributed by atoms with E-state index in [4.69, 9.17) is 16.3 Å². The SMILES string of the molecule is CCOC(=O)c1cccc(NC(=O)c2ccc([N+](=O)[O-])cc2Cl)c1. The molecule has 0 unspecified atom stereocenters. The Balaban J connectivity index is 2.19. The summed E-state index contributed by atoms with van der Waals surface area (Å²) < 4.78 is 4.89. The van der Waals surface area contributed by atoms with Gasteiger partial charge in [0.15, 0.2) is 0 Å². The Morgan fingerprint density at radius 3 is 2.62 bits per heavy atom. The van der Waals surface area contributed by atoms with Crippen LogP contribution in [0.15, 0.2) is 42.5 Å². The lowest BCUT2D eigenvalue weighted by molar-refractivity contribution is -0.384. The number of rotatable bonds is 5. The first-order valence-corrected chi connectivity index (χ1v) is 7.32. The van der Waals surface area contributed by atoms with Crippen LogP contribution >= 0.6 is 11.6 Å².